The van der Waals surface area contributed by atoms with Gasteiger partial charge in [-0.2, -0.15) is 0 Å². The highest BCUT2D eigenvalue weighted by molar-refractivity contribution is 7.98. The highest BCUT2D eigenvalue weighted by Gasteiger charge is 2.17. The van der Waals surface area contributed by atoms with E-state index in [1.807, 2.05) is 24.6 Å². The second-order valence-electron chi connectivity index (χ2n) is 3.64. The Bertz CT molecular complexity index is 282. The molecule has 0 bridgehead atoms. The monoisotopic (exact) mass is 209 g/mol. The number of ether oxygens (including phenoxy) is 1. The first-order chi connectivity index (χ1) is 6.88. The Hall–Kier alpha value is -0.700. The van der Waals surface area contributed by atoms with Crippen LogP contribution in [-0.2, 0) is 0 Å². The number of rotatable bonds is 4. The molecule has 0 atom stereocenters. The molecule has 0 N–H and O–H groups in total. The maximum absolute atomic E-state index is 5.59. The van der Waals surface area contributed by atoms with Crippen molar-refractivity contribution in [2.24, 2.45) is 5.92 Å². The van der Waals surface area contributed by atoms with Gasteiger partial charge in [-0.15, -0.1) is 11.8 Å². The Labute approximate surface area is 89.1 Å². The summed E-state index contributed by atoms with van der Waals surface area (Å²) < 4.78 is 5.59. The molecule has 0 amide bonds. The van der Waals surface area contributed by atoms with Crippen LogP contribution >= 0.6 is 11.8 Å². The van der Waals surface area contributed by atoms with Crippen LogP contribution < -0.4 is 4.74 Å². The smallest absolute Gasteiger partial charge is 0.213 e. The predicted octanol–water partition coefficient (Wildman–Crippen LogP) is 2.98. The molecule has 0 spiro atoms. The third kappa shape index (κ3) is 2.41. The molecule has 1 aromatic rings. The van der Waals surface area contributed by atoms with E-state index in [0.29, 0.717) is 0 Å². The summed E-state index contributed by atoms with van der Waals surface area (Å²) in [6, 6.07) is 4.00. The van der Waals surface area contributed by atoms with Crippen LogP contribution in [0.1, 0.15) is 19.3 Å². The Morgan fingerprint density at radius 1 is 1.50 bits per heavy atom. The average molecular weight is 209 g/mol. The van der Waals surface area contributed by atoms with Crippen LogP contribution in [0.2, 0.25) is 0 Å². The fourth-order valence-corrected chi connectivity index (χ4v) is 1.80. The zero-order valence-corrected chi connectivity index (χ0v) is 9.22. The zero-order chi connectivity index (χ0) is 9.80. The summed E-state index contributed by atoms with van der Waals surface area (Å²) in [5.41, 5.74) is 0. The van der Waals surface area contributed by atoms with Gasteiger partial charge in [-0.05, 0) is 31.1 Å². The van der Waals surface area contributed by atoms with Gasteiger partial charge in [0.15, 0.2) is 0 Å². The third-order valence-corrected chi connectivity index (χ3v) is 3.35. The van der Waals surface area contributed by atoms with E-state index < -0.39 is 0 Å². The van der Waals surface area contributed by atoms with E-state index in [9.17, 15) is 0 Å². The molecule has 0 radical (unpaired) electrons. The lowest BCUT2D eigenvalue weighted by atomic mass is 9.86. The van der Waals surface area contributed by atoms with Crippen molar-refractivity contribution in [1.29, 1.82) is 0 Å². The van der Waals surface area contributed by atoms with Gasteiger partial charge in [0.05, 0.1) is 6.61 Å². The SMILES string of the molecule is CSc1ccc(OCC2CCC2)nc1. The van der Waals surface area contributed by atoms with Gasteiger partial charge in [0.2, 0.25) is 5.88 Å². The number of thioether (sulfide) groups is 1. The van der Waals surface area contributed by atoms with Gasteiger partial charge in [0, 0.05) is 17.2 Å². The van der Waals surface area contributed by atoms with Crippen molar-refractivity contribution in [2.75, 3.05) is 12.9 Å². The molecular weight excluding hydrogens is 194 g/mol. The topological polar surface area (TPSA) is 22.1 Å². The van der Waals surface area contributed by atoms with Crippen LogP contribution in [0.5, 0.6) is 5.88 Å². The minimum absolute atomic E-state index is 0.759. The predicted molar refractivity (Wildman–Crippen MR) is 58.9 cm³/mol. The Morgan fingerprint density at radius 3 is 2.86 bits per heavy atom. The molecule has 0 aliphatic heterocycles. The van der Waals surface area contributed by atoms with Gasteiger partial charge in [-0.25, -0.2) is 4.98 Å². The highest BCUT2D eigenvalue weighted by atomic mass is 32.2. The number of hydrogen-bond acceptors (Lipinski definition) is 3. The molecule has 3 heteroatoms. The lowest BCUT2D eigenvalue weighted by molar-refractivity contribution is 0.175. The standard InChI is InChI=1S/C11H15NOS/c1-14-10-5-6-11(12-7-10)13-8-9-3-2-4-9/h5-7,9H,2-4,8H2,1H3. The van der Waals surface area contributed by atoms with Gasteiger partial charge in [-0.3, -0.25) is 0 Å². The lowest BCUT2D eigenvalue weighted by Gasteiger charge is -2.24. The van der Waals surface area contributed by atoms with E-state index in [-0.39, 0.29) is 0 Å². The van der Waals surface area contributed by atoms with E-state index in [1.54, 1.807) is 11.8 Å². The molecule has 1 aromatic heterocycles. The van der Waals surface area contributed by atoms with E-state index in [2.05, 4.69) is 4.98 Å². The number of hydrogen-bond donors (Lipinski definition) is 0. The minimum atomic E-state index is 0.759. The van der Waals surface area contributed by atoms with Gasteiger partial charge in [0.1, 0.15) is 0 Å². The second kappa shape index (κ2) is 4.69. The van der Waals surface area contributed by atoms with Gasteiger partial charge < -0.3 is 4.74 Å². The molecule has 1 heterocycles. The molecular formula is C11H15NOS. The normalized spacial score (nSPS) is 16.4. The summed E-state index contributed by atoms with van der Waals surface area (Å²) in [6.45, 7) is 0.839. The Morgan fingerprint density at radius 2 is 2.36 bits per heavy atom. The van der Waals surface area contributed by atoms with Crippen molar-refractivity contribution in [3.8, 4) is 5.88 Å². The summed E-state index contributed by atoms with van der Waals surface area (Å²) >= 11 is 1.70. The van der Waals surface area contributed by atoms with Crippen molar-refractivity contribution < 1.29 is 4.74 Å². The second-order valence-corrected chi connectivity index (χ2v) is 4.52. The summed E-state index contributed by atoms with van der Waals surface area (Å²) in [5.74, 6) is 1.53. The highest BCUT2D eigenvalue weighted by Crippen LogP contribution is 2.26. The zero-order valence-electron chi connectivity index (χ0n) is 8.40. The van der Waals surface area contributed by atoms with Crippen LogP contribution in [0.4, 0.5) is 0 Å². The maximum Gasteiger partial charge on any atom is 0.213 e. The fourth-order valence-electron chi connectivity index (χ4n) is 1.44. The van der Waals surface area contributed by atoms with Crippen LogP contribution in [0.3, 0.4) is 0 Å². The van der Waals surface area contributed by atoms with Gasteiger partial charge >= 0.3 is 0 Å². The quantitative estimate of drug-likeness (QED) is 0.712. The first-order valence-electron chi connectivity index (χ1n) is 5.01. The molecule has 0 saturated heterocycles. The van der Waals surface area contributed by atoms with Crippen molar-refractivity contribution in [1.82, 2.24) is 4.98 Å². The maximum atomic E-state index is 5.59. The first kappa shape index (κ1) is 9.84. The summed E-state index contributed by atoms with van der Waals surface area (Å²) in [7, 11) is 0. The lowest BCUT2D eigenvalue weighted by Crippen LogP contribution is -2.19. The number of pyridine rings is 1. The molecule has 14 heavy (non-hydrogen) atoms. The van der Waals surface area contributed by atoms with Crippen LogP contribution in [0.15, 0.2) is 23.2 Å². The summed E-state index contributed by atoms with van der Waals surface area (Å²) in [5, 5.41) is 0. The largest absolute Gasteiger partial charge is 0.477 e. The van der Waals surface area contributed by atoms with Gasteiger partial charge in [-0.1, -0.05) is 6.42 Å². The molecule has 2 rings (SSSR count). The van der Waals surface area contributed by atoms with Crippen LogP contribution in [0, 0.1) is 5.92 Å². The molecule has 0 unspecified atom stereocenters. The molecule has 0 aromatic carbocycles. The van der Waals surface area contributed by atoms with E-state index >= 15 is 0 Å². The molecule has 1 saturated carbocycles. The molecule has 1 aliphatic rings. The Balaban J connectivity index is 1.83. The molecule has 2 nitrogen and oxygen atoms in total. The van der Waals surface area contributed by atoms with Crippen molar-refractivity contribution in [3.05, 3.63) is 18.3 Å². The van der Waals surface area contributed by atoms with E-state index in [0.717, 1.165) is 18.4 Å². The summed E-state index contributed by atoms with van der Waals surface area (Å²) in [4.78, 5) is 5.42. The Kier molecular flexibility index (Phi) is 3.30. The van der Waals surface area contributed by atoms with Crippen molar-refractivity contribution in [2.45, 2.75) is 24.2 Å². The van der Waals surface area contributed by atoms with E-state index in [1.165, 1.54) is 24.2 Å². The molecule has 1 aliphatic carbocycles. The van der Waals surface area contributed by atoms with E-state index in [4.69, 9.17) is 4.74 Å². The van der Waals surface area contributed by atoms with Crippen molar-refractivity contribution >= 4 is 11.8 Å². The molecule has 1 fully saturated rings. The average Bonchev–Trinajstić information content (AvgIpc) is 2.16. The first-order valence-corrected chi connectivity index (χ1v) is 6.24. The number of aromatic nitrogens is 1. The number of nitrogens with zero attached hydrogens (tertiary/aromatic N) is 1. The minimum Gasteiger partial charge on any atom is -0.477 e. The van der Waals surface area contributed by atoms with Crippen LogP contribution in [0.25, 0.3) is 0 Å². The van der Waals surface area contributed by atoms with Crippen molar-refractivity contribution in [3.63, 3.8) is 0 Å². The van der Waals surface area contributed by atoms with Gasteiger partial charge in [0.25, 0.3) is 0 Å². The third-order valence-electron chi connectivity index (χ3n) is 2.64. The summed E-state index contributed by atoms with van der Waals surface area (Å²) in [6.07, 6.45) is 7.92. The van der Waals surface area contributed by atoms with Crippen LogP contribution in [-0.4, -0.2) is 17.8 Å². The fraction of sp³-hybridized carbons (Fsp3) is 0.545. The molecule has 76 valence electrons.